The molecule has 2 aromatic heterocycles. The van der Waals surface area contributed by atoms with Crippen molar-refractivity contribution in [1.82, 2.24) is 29.0 Å². The van der Waals surface area contributed by atoms with Crippen molar-refractivity contribution in [2.75, 3.05) is 13.1 Å². The number of carboxylic acid groups (broad SMARTS) is 1. The highest BCUT2D eigenvalue weighted by atomic mass is 19.4. The Hall–Kier alpha value is -3.81. The van der Waals surface area contributed by atoms with Gasteiger partial charge >= 0.3 is 23.3 Å². The molecule has 1 saturated heterocycles. The number of alkyl halides is 3. The van der Waals surface area contributed by atoms with Gasteiger partial charge in [0.2, 0.25) is 0 Å². The molecule has 0 saturated carbocycles. The van der Waals surface area contributed by atoms with Crippen LogP contribution in [0.5, 0.6) is 0 Å². The molecule has 0 bridgehead atoms. The van der Waals surface area contributed by atoms with Crippen LogP contribution in [-0.2, 0) is 37.9 Å². The van der Waals surface area contributed by atoms with E-state index in [0.29, 0.717) is 18.8 Å². The number of aromatic nitrogens is 5. The van der Waals surface area contributed by atoms with Crippen molar-refractivity contribution in [2.24, 2.45) is 12.5 Å². The van der Waals surface area contributed by atoms with Gasteiger partial charge in [0.25, 0.3) is 0 Å². The van der Waals surface area contributed by atoms with E-state index in [2.05, 4.69) is 15.1 Å². The van der Waals surface area contributed by atoms with Gasteiger partial charge in [-0.2, -0.15) is 23.4 Å². The topological polar surface area (TPSA) is 115 Å². The van der Waals surface area contributed by atoms with Crippen molar-refractivity contribution in [3.05, 3.63) is 80.1 Å². The fourth-order valence-corrected chi connectivity index (χ4v) is 4.72. The maximum Gasteiger partial charge on any atom is 0.490 e. The molecule has 1 unspecified atom stereocenters. The van der Waals surface area contributed by atoms with Crippen molar-refractivity contribution in [1.29, 1.82) is 0 Å². The first-order chi connectivity index (χ1) is 17.3. The van der Waals surface area contributed by atoms with Crippen LogP contribution in [-0.4, -0.2) is 59.4 Å². The zero-order valence-electron chi connectivity index (χ0n) is 19.8. The number of benzene rings is 1. The Balaban J connectivity index is 0.000000405. The molecule has 1 N–H and O–H groups in total. The number of halogens is 4. The van der Waals surface area contributed by atoms with Crippen LogP contribution in [0.1, 0.15) is 23.4 Å². The third kappa shape index (κ3) is 5.96. The van der Waals surface area contributed by atoms with Crippen LogP contribution in [0.4, 0.5) is 17.6 Å². The van der Waals surface area contributed by atoms with Gasteiger partial charge in [0.1, 0.15) is 11.6 Å². The number of hydrogen-bond donors (Lipinski definition) is 1. The molecule has 14 heteroatoms. The average molecular weight is 524 g/mol. The van der Waals surface area contributed by atoms with Crippen LogP contribution < -0.4 is 11.1 Å². The van der Waals surface area contributed by atoms with Crippen molar-refractivity contribution in [2.45, 2.75) is 38.7 Å². The average Bonchev–Trinajstić information content (AvgIpc) is 3.52. The van der Waals surface area contributed by atoms with Gasteiger partial charge in [-0.05, 0) is 30.7 Å². The summed E-state index contributed by atoms with van der Waals surface area (Å²) in [6.45, 7) is 3.31. The van der Waals surface area contributed by atoms with E-state index in [1.807, 2.05) is 19.4 Å². The molecule has 4 heterocycles. The lowest BCUT2D eigenvalue weighted by Crippen LogP contribution is -2.43. The van der Waals surface area contributed by atoms with Crippen LogP contribution in [0.2, 0.25) is 0 Å². The predicted molar refractivity (Wildman–Crippen MR) is 121 cm³/mol. The highest BCUT2D eigenvalue weighted by Crippen LogP contribution is 2.39. The minimum absolute atomic E-state index is 0.0666. The van der Waals surface area contributed by atoms with Crippen molar-refractivity contribution in [3.8, 4) is 0 Å². The molecule has 2 aliphatic rings. The summed E-state index contributed by atoms with van der Waals surface area (Å²) in [6.07, 6.45) is 0.447. The number of nitrogens with zero attached hydrogens (tertiary/aromatic N) is 6. The Morgan fingerprint density at radius 1 is 1.08 bits per heavy atom. The molecule has 0 radical (unpaired) electrons. The van der Waals surface area contributed by atoms with E-state index >= 15 is 0 Å². The van der Waals surface area contributed by atoms with Crippen LogP contribution in [0.3, 0.4) is 0 Å². The summed E-state index contributed by atoms with van der Waals surface area (Å²) < 4.78 is 49.4. The van der Waals surface area contributed by atoms with Crippen LogP contribution in [0.25, 0.3) is 0 Å². The largest absolute Gasteiger partial charge is 0.490 e. The van der Waals surface area contributed by atoms with E-state index in [9.17, 15) is 27.2 Å². The van der Waals surface area contributed by atoms with E-state index < -0.39 is 23.3 Å². The fraction of sp³-hybridized carbons (Fsp3) is 0.435. The molecule has 1 atom stereocenters. The third-order valence-corrected chi connectivity index (χ3v) is 6.41. The Morgan fingerprint density at radius 2 is 1.76 bits per heavy atom. The lowest BCUT2D eigenvalue weighted by Gasteiger charge is -2.22. The molecule has 0 aliphatic carbocycles. The number of aliphatic carboxylic acids is 1. The van der Waals surface area contributed by atoms with Gasteiger partial charge in [-0.15, -0.1) is 0 Å². The summed E-state index contributed by atoms with van der Waals surface area (Å²) in [6, 6.07) is 5.88. The van der Waals surface area contributed by atoms with Gasteiger partial charge in [0.05, 0.1) is 12.7 Å². The smallest absolute Gasteiger partial charge is 0.475 e. The fourth-order valence-electron chi connectivity index (χ4n) is 4.72. The SMILES string of the molecule is Cn1cc(CN2CCC3(Cc4nn(Cc5ccc(F)cc5)c(=O)c(=O)n4C3)C2)cn1.O=C(O)C(F)(F)F. The Kier molecular flexibility index (Phi) is 7.04. The standard InChI is InChI=1S/C21H23FN6O2.C2HF3O2/c1-25-10-16(9-23-25)11-26-7-6-21(13-26)8-18-24-28(20(30)19(29)27(18)14-21)12-15-2-4-17(22)5-3-15;3-2(4,5)1(6)7/h2-5,9-10H,6-8,11-14H2,1H3;(H,6,7). The lowest BCUT2D eigenvalue weighted by molar-refractivity contribution is -0.192. The Labute approximate surface area is 207 Å². The second kappa shape index (κ2) is 9.92. The maximum absolute atomic E-state index is 13.1. The molecular formula is C23H24F4N6O4. The first-order valence-corrected chi connectivity index (χ1v) is 11.3. The molecule has 1 fully saturated rings. The zero-order valence-corrected chi connectivity index (χ0v) is 19.8. The summed E-state index contributed by atoms with van der Waals surface area (Å²) in [5.74, 6) is -2.44. The van der Waals surface area contributed by atoms with E-state index in [1.165, 1.54) is 22.4 Å². The van der Waals surface area contributed by atoms with Gasteiger partial charge in [-0.25, -0.2) is 13.9 Å². The van der Waals surface area contributed by atoms with Crippen molar-refractivity contribution < 1.29 is 27.5 Å². The molecule has 198 valence electrons. The first-order valence-electron chi connectivity index (χ1n) is 11.3. The molecular weight excluding hydrogens is 500 g/mol. The number of hydrogen-bond acceptors (Lipinski definition) is 6. The monoisotopic (exact) mass is 524 g/mol. The van der Waals surface area contributed by atoms with Crippen molar-refractivity contribution >= 4 is 5.97 Å². The summed E-state index contributed by atoms with van der Waals surface area (Å²) >= 11 is 0. The molecule has 2 aliphatic heterocycles. The van der Waals surface area contributed by atoms with Crippen LogP contribution in [0.15, 0.2) is 46.2 Å². The molecule has 1 spiro atoms. The van der Waals surface area contributed by atoms with Crippen molar-refractivity contribution in [3.63, 3.8) is 0 Å². The van der Waals surface area contributed by atoms with Gasteiger partial charge in [-0.3, -0.25) is 23.7 Å². The summed E-state index contributed by atoms with van der Waals surface area (Å²) in [5.41, 5.74) is 0.670. The lowest BCUT2D eigenvalue weighted by atomic mass is 9.86. The highest BCUT2D eigenvalue weighted by Gasteiger charge is 2.44. The highest BCUT2D eigenvalue weighted by molar-refractivity contribution is 5.73. The number of rotatable bonds is 4. The normalized spacial score (nSPS) is 19.1. The second-order valence-corrected chi connectivity index (χ2v) is 9.36. The number of aryl methyl sites for hydroxylation is 1. The van der Waals surface area contributed by atoms with E-state index in [0.717, 1.165) is 31.6 Å². The number of carboxylic acids is 1. The van der Waals surface area contributed by atoms with E-state index in [4.69, 9.17) is 9.90 Å². The quantitative estimate of drug-likeness (QED) is 0.405. The molecule has 3 aromatic rings. The predicted octanol–water partition coefficient (Wildman–Crippen LogP) is 1.41. The van der Waals surface area contributed by atoms with Gasteiger partial charge in [0.15, 0.2) is 0 Å². The van der Waals surface area contributed by atoms with Gasteiger partial charge in [-0.1, -0.05) is 12.1 Å². The molecule has 5 rings (SSSR count). The molecule has 1 aromatic carbocycles. The number of likely N-dealkylation sites (tertiary alicyclic amines) is 1. The van der Waals surface area contributed by atoms with E-state index in [1.54, 1.807) is 21.4 Å². The third-order valence-electron chi connectivity index (χ3n) is 6.41. The summed E-state index contributed by atoms with van der Waals surface area (Å²) in [7, 11) is 1.91. The van der Waals surface area contributed by atoms with Gasteiger partial charge < -0.3 is 5.11 Å². The van der Waals surface area contributed by atoms with Crippen LogP contribution >= 0.6 is 0 Å². The minimum Gasteiger partial charge on any atom is -0.475 e. The Bertz CT molecular complexity index is 1410. The molecule has 10 nitrogen and oxygen atoms in total. The number of carbonyl (C=O) groups is 1. The summed E-state index contributed by atoms with van der Waals surface area (Å²) in [4.78, 5) is 36.6. The molecule has 37 heavy (non-hydrogen) atoms. The summed E-state index contributed by atoms with van der Waals surface area (Å²) in [5, 5.41) is 15.9. The second-order valence-electron chi connectivity index (χ2n) is 9.36. The minimum atomic E-state index is -5.08. The van der Waals surface area contributed by atoms with Gasteiger partial charge in [0, 0.05) is 50.3 Å². The van der Waals surface area contributed by atoms with E-state index in [-0.39, 0.29) is 17.8 Å². The molecule has 0 amide bonds. The Morgan fingerprint density at radius 3 is 2.35 bits per heavy atom. The zero-order chi connectivity index (χ0) is 27.0. The first kappa shape index (κ1) is 26.3. The van der Waals surface area contributed by atoms with Crippen LogP contribution in [0, 0.1) is 11.2 Å². The number of fused-ring (bicyclic) bond motifs is 1. The maximum atomic E-state index is 13.1.